The Labute approximate surface area is 162 Å². The molecule has 1 saturated heterocycles. The summed E-state index contributed by atoms with van der Waals surface area (Å²) < 4.78 is 19.8. The smallest absolute Gasteiger partial charge is 0.260 e. The molecule has 3 rings (SSSR count). The highest BCUT2D eigenvalue weighted by molar-refractivity contribution is 6.30. The summed E-state index contributed by atoms with van der Waals surface area (Å²) in [6.07, 6.45) is 0. The second-order valence-corrected chi connectivity index (χ2v) is 6.77. The van der Waals surface area contributed by atoms with Crippen LogP contribution < -0.4 is 9.64 Å². The van der Waals surface area contributed by atoms with Gasteiger partial charge in [0.05, 0.1) is 5.69 Å². The van der Waals surface area contributed by atoms with Gasteiger partial charge in [-0.05, 0) is 49.4 Å². The van der Waals surface area contributed by atoms with Gasteiger partial charge in [-0.15, -0.1) is 0 Å². The van der Waals surface area contributed by atoms with Crippen molar-refractivity contribution in [2.45, 2.75) is 6.92 Å². The second-order valence-electron chi connectivity index (χ2n) is 6.33. The largest absolute Gasteiger partial charge is 0.484 e. The fourth-order valence-corrected chi connectivity index (χ4v) is 3.07. The molecule has 27 heavy (non-hydrogen) atoms. The maximum Gasteiger partial charge on any atom is 0.260 e. The van der Waals surface area contributed by atoms with Gasteiger partial charge in [0.1, 0.15) is 11.6 Å². The average molecular weight is 391 g/mol. The summed E-state index contributed by atoms with van der Waals surface area (Å²) in [4.78, 5) is 27.2. The number of nitrogens with zero attached hydrogens (tertiary/aromatic N) is 2. The van der Waals surface area contributed by atoms with Crippen LogP contribution in [0.1, 0.15) is 17.3 Å². The molecule has 1 fully saturated rings. The third-order valence-electron chi connectivity index (χ3n) is 4.50. The molecule has 2 aromatic carbocycles. The summed E-state index contributed by atoms with van der Waals surface area (Å²) in [5.41, 5.74) is 0.800. The van der Waals surface area contributed by atoms with Crippen LogP contribution in [0, 0.1) is 5.82 Å². The van der Waals surface area contributed by atoms with Gasteiger partial charge in [-0.2, -0.15) is 0 Å². The second kappa shape index (κ2) is 8.39. The molecule has 0 atom stereocenters. The van der Waals surface area contributed by atoms with Gasteiger partial charge in [0, 0.05) is 36.8 Å². The van der Waals surface area contributed by atoms with Crippen molar-refractivity contribution < 1.29 is 18.7 Å². The molecule has 142 valence electrons. The quantitative estimate of drug-likeness (QED) is 0.734. The maximum atomic E-state index is 14.3. The Morgan fingerprint density at radius 2 is 1.74 bits per heavy atom. The molecule has 0 spiro atoms. The minimum Gasteiger partial charge on any atom is -0.484 e. The number of hydrogen-bond acceptors (Lipinski definition) is 4. The molecule has 5 nitrogen and oxygen atoms in total. The zero-order valence-corrected chi connectivity index (χ0v) is 15.7. The lowest BCUT2D eigenvalue weighted by atomic mass is 10.1. The molecular formula is C20H20ClFN2O3. The van der Waals surface area contributed by atoms with Crippen molar-refractivity contribution in [3.63, 3.8) is 0 Å². The van der Waals surface area contributed by atoms with Crippen LogP contribution in [0.2, 0.25) is 5.02 Å². The van der Waals surface area contributed by atoms with E-state index in [4.69, 9.17) is 16.3 Å². The van der Waals surface area contributed by atoms with E-state index in [1.165, 1.54) is 13.0 Å². The lowest BCUT2D eigenvalue weighted by molar-refractivity contribution is -0.133. The Hall–Kier alpha value is -2.60. The topological polar surface area (TPSA) is 49.9 Å². The summed E-state index contributed by atoms with van der Waals surface area (Å²) in [6.45, 7) is 3.35. The summed E-state index contributed by atoms with van der Waals surface area (Å²) >= 11 is 5.82. The lowest BCUT2D eigenvalue weighted by Crippen LogP contribution is -2.50. The standard InChI is InChI=1S/C20H20ClFN2O3/c1-14(25)15-2-7-19(18(22)12-15)23-8-10-24(11-9-23)20(26)13-27-17-5-3-16(21)4-6-17/h2-7,12H,8-11,13H2,1H3. The number of ketones is 1. The van der Waals surface area contributed by atoms with Crippen LogP contribution in [-0.2, 0) is 4.79 Å². The summed E-state index contributed by atoms with van der Waals surface area (Å²) in [5.74, 6) is -0.124. The van der Waals surface area contributed by atoms with Gasteiger partial charge < -0.3 is 14.5 Å². The summed E-state index contributed by atoms with van der Waals surface area (Å²) in [6, 6.07) is 11.3. The van der Waals surface area contributed by atoms with E-state index in [1.807, 2.05) is 4.90 Å². The zero-order chi connectivity index (χ0) is 19.4. The molecular weight excluding hydrogens is 371 g/mol. The maximum absolute atomic E-state index is 14.3. The van der Waals surface area contributed by atoms with Gasteiger partial charge in [0.2, 0.25) is 0 Å². The van der Waals surface area contributed by atoms with E-state index < -0.39 is 5.82 Å². The first-order valence-electron chi connectivity index (χ1n) is 8.65. The molecule has 0 bridgehead atoms. The highest BCUT2D eigenvalue weighted by atomic mass is 35.5. The molecule has 1 heterocycles. The summed E-state index contributed by atoms with van der Waals surface area (Å²) in [5, 5.41) is 0.605. The molecule has 2 aromatic rings. The number of carbonyl (C=O) groups is 2. The molecule has 1 aliphatic rings. The normalized spacial score (nSPS) is 14.2. The fourth-order valence-electron chi connectivity index (χ4n) is 2.95. The first-order chi connectivity index (χ1) is 12.9. The van der Waals surface area contributed by atoms with Crippen molar-refractivity contribution in [2.24, 2.45) is 0 Å². The van der Waals surface area contributed by atoms with Crippen LogP contribution in [-0.4, -0.2) is 49.4 Å². The highest BCUT2D eigenvalue weighted by Crippen LogP contribution is 2.22. The highest BCUT2D eigenvalue weighted by Gasteiger charge is 2.23. The molecule has 0 saturated carbocycles. The van der Waals surface area contributed by atoms with E-state index in [9.17, 15) is 14.0 Å². The Morgan fingerprint density at radius 3 is 2.33 bits per heavy atom. The molecule has 0 unspecified atom stereocenters. The van der Waals surface area contributed by atoms with E-state index >= 15 is 0 Å². The number of hydrogen-bond donors (Lipinski definition) is 0. The van der Waals surface area contributed by atoms with E-state index in [2.05, 4.69) is 0 Å². The van der Waals surface area contributed by atoms with Crippen LogP contribution in [0.5, 0.6) is 5.75 Å². The Bertz CT molecular complexity index is 834. The van der Waals surface area contributed by atoms with Crippen molar-refractivity contribution in [3.05, 3.63) is 58.9 Å². The van der Waals surface area contributed by atoms with E-state index in [0.29, 0.717) is 48.2 Å². The minimum atomic E-state index is -0.423. The van der Waals surface area contributed by atoms with Gasteiger partial charge in [-0.25, -0.2) is 4.39 Å². The van der Waals surface area contributed by atoms with Crippen molar-refractivity contribution >= 4 is 29.0 Å². The van der Waals surface area contributed by atoms with E-state index in [0.717, 1.165) is 0 Å². The lowest BCUT2D eigenvalue weighted by Gasteiger charge is -2.36. The zero-order valence-electron chi connectivity index (χ0n) is 15.0. The SMILES string of the molecule is CC(=O)c1ccc(N2CCN(C(=O)COc3ccc(Cl)cc3)CC2)c(F)c1. The van der Waals surface area contributed by atoms with Crippen LogP contribution in [0.3, 0.4) is 0 Å². The number of amides is 1. The number of halogens is 2. The average Bonchev–Trinajstić information content (AvgIpc) is 2.67. The van der Waals surface area contributed by atoms with Gasteiger partial charge in [-0.1, -0.05) is 11.6 Å². The fraction of sp³-hybridized carbons (Fsp3) is 0.300. The van der Waals surface area contributed by atoms with Crippen molar-refractivity contribution in [2.75, 3.05) is 37.7 Å². The van der Waals surface area contributed by atoms with E-state index in [-0.39, 0.29) is 18.3 Å². The third-order valence-corrected chi connectivity index (χ3v) is 4.76. The molecule has 7 heteroatoms. The number of anilines is 1. The molecule has 0 N–H and O–H groups in total. The monoisotopic (exact) mass is 390 g/mol. The first-order valence-corrected chi connectivity index (χ1v) is 9.03. The van der Waals surface area contributed by atoms with Crippen LogP contribution in [0.15, 0.2) is 42.5 Å². The Kier molecular flexibility index (Phi) is 5.96. The summed E-state index contributed by atoms with van der Waals surface area (Å²) in [7, 11) is 0. The van der Waals surface area contributed by atoms with Gasteiger partial charge in [0.15, 0.2) is 12.4 Å². The predicted octanol–water partition coefficient (Wildman–Crippen LogP) is 3.41. The number of carbonyl (C=O) groups excluding carboxylic acids is 2. The number of ether oxygens (including phenoxy) is 1. The van der Waals surface area contributed by atoms with Gasteiger partial charge in [-0.3, -0.25) is 9.59 Å². The number of rotatable bonds is 5. The van der Waals surface area contributed by atoms with E-state index in [1.54, 1.807) is 41.3 Å². The Morgan fingerprint density at radius 1 is 1.07 bits per heavy atom. The van der Waals surface area contributed by atoms with Gasteiger partial charge in [0.25, 0.3) is 5.91 Å². The van der Waals surface area contributed by atoms with Crippen LogP contribution in [0.4, 0.5) is 10.1 Å². The minimum absolute atomic E-state index is 0.0523. The van der Waals surface area contributed by atoms with Crippen LogP contribution >= 0.6 is 11.6 Å². The number of benzene rings is 2. The third kappa shape index (κ3) is 4.77. The van der Waals surface area contributed by atoms with Crippen LogP contribution in [0.25, 0.3) is 0 Å². The first kappa shape index (κ1) is 19.2. The number of Topliss-reactive ketones (excluding diaryl/α,β-unsaturated/α-hetero) is 1. The van der Waals surface area contributed by atoms with Gasteiger partial charge >= 0.3 is 0 Å². The molecule has 0 aromatic heterocycles. The molecule has 1 amide bonds. The number of piperazine rings is 1. The molecule has 0 aliphatic carbocycles. The van der Waals surface area contributed by atoms with Crippen molar-refractivity contribution in [1.82, 2.24) is 4.90 Å². The molecule has 0 radical (unpaired) electrons. The van der Waals surface area contributed by atoms with Crippen molar-refractivity contribution in [1.29, 1.82) is 0 Å². The molecule has 1 aliphatic heterocycles. The van der Waals surface area contributed by atoms with Crippen molar-refractivity contribution in [3.8, 4) is 5.75 Å². The Balaban J connectivity index is 1.53. The predicted molar refractivity (Wildman–Crippen MR) is 102 cm³/mol.